The van der Waals surface area contributed by atoms with Crippen molar-refractivity contribution in [3.63, 3.8) is 0 Å². The zero-order chi connectivity index (χ0) is 14.7. The largest absolute Gasteiger partial charge is 0.381 e. The molecule has 20 heavy (non-hydrogen) atoms. The lowest BCUT2D eigenvalue weighted by atomic mass is 10.1. The SMILES string of the molecule is Cc1c(Cl)cccc1NCc1cc(F)cc([N+](=O)[O-])c1. The van der Waals surface area contributed by atoms with Crippen LogP contribution in [-0.2, 0) is 6.54 Å². The van der Waals surface area contributed by atoms with Crippen molar-refractivity contribution in [1.29, 1.82) is 0 Å². The monoisotopic (exact) mass is 294 g/mol. The topological polar surface area (TPSA) is 55.2 Å². The number of rotatable bonds is 4. The van der Waals surface area contributed by atoms with Crippen molar-refractivity contribution in [2.24, 2.45) is 0 Å². The lowest BCUT2D eigenvalue weighted by Crippen LogP contribution is -2.02. The normalized spacial score (nSPS) is 10.3. The molecule has 0 heterocycles. The predicted octanol–water partition coefficient (Wildman–Crippen LogP) is 4.31. The fourth-order valence-electron chi connectivity index (χ4n) is 1.84. The van der Waals surface area contributed by atoms with E-state index in [4.69, 9.17) is 11.6 Å². The van der Waals surface area contributed by atoms with Crippen LogP contribution >= 0.6 is 11.6 Å². The van der Waals surface area contributed by atoms with E-state index in [1.54, 1.807) is 12.1 Å². The summed E-state index contributed by atoms with van der Waals surface area (Å²) in [5, 5.41) is 14.4. The Morgan fingerprint density at radius 3 is 2.80 bits per heavy atom. The van der Waals surface area contributed by atoms with Crippen molar-refractivity contribution < 1.29 is 9.31 Å². The lowest BCUT2D eigenvalue weighted by molar-refractivity contribution is -0.385. The number of non-ortho nitro benzene ring substituents is 1. The Hall–Kier alpha value is -2.14. The van der Waals surface area contributed by atoms with E-state index in [9.17, 15) is 14.5 Å². The number of hydrogen-bond donors (Lipinski definition) is 1. The Labute approximate surface area is 120 Å². The number of benzene rings is 2. The Balaban J connectivity index is 2.19. The summed E-state index contributed by atoms with van der Waals surface area (Å²) in [6, 6.07) is 8.92. The highest BCUT2D eigenvalue weighted by molar-refractivity contribution is 6.31. The van der Waals surface area contributed by atoms with Gasteiger partial charge >= 0.3 is 0 Å². The van der Waals surface area contributed by atoms with Gasteiger partial charge < -0.3 is 5.32 Å². The summed E-state index contributed by atoms with van der Waals surface area (Å²) in [5.74, 6) is -0.626. The van der Waals surface area contributed by atoms with Crippen LogP contribution in [0, 0.1) is 22.9 Å². The number of nitrogens with one attached hydrogen (secondary N) is 1. The van der Waals surface area contributed by atoms with Crippen molar-refractivity contribution in [2.75, 3.05) is 5.32 Å². The van der Waals surface area contributed by atoms with Crippen molar-refractivity contribution in [2.45, 2.75) is 13.5 Å². The van der Waals surface area contributed by atoms with Gasteiger partial charge in [0.15, 0.2) is 0 Å². The van der Waals surface area contributed by atoms with Crippen molar-refractivity contribution in [3.05, 3.63) is 68.5 Å². The van der Waals surface area contributed by atoms with Crippen LogP contribution in [0.3, 0.4) is 0 Å². The lowest BCUT2D eigenvalue weighted by Gasteiger charge is -2.10. The second-order valence-electron chi connectivity index (χ2n) is 4.34. The Kier molecular flexibility index (Phi) is 4.20. The minimum Gasteiger partial charge on any atom is -0.381 e. The molecule has 0 saturated carbocycles. The number of nitrogens with zero attached hydrogens (tertiary/aromatic N) is 1. The summed E-state index contributed by atoms with van der Waals surface area (Å²) in [4.78, 5) is 10.1. The molecule has 104 valence electrons. The molecule has 2 aromatic rings. The van der Waals surface area contributed by atoms with Gasteiger partial charge in [-0.3, -0.25) is 10.1 Å². The summed E-state index contributed by atoms with van der Waals surface area (Å²) >= 11 is 6.00. The van der Waals surface area contributed by atoms with Gasteiger partial charge in [0.2, 0.25) is 0 Å². The molecule has 0 aromatic heterocycles. The van der Waals surface area contributed by atoms with E-state index < -0.39 is 10.7 Å². The molecule has 2 rings (SSSR count). The van der Waals surface area contributed by atoms with Crippen LogP contribution in [0.15, 0.2) is 36.4 Å². The summed E-state index contributed by atoms with van der Waals surface area (Å²) < 4.78 is 13.3. The fraction of sp³-hybridized carbons (Fsp3) is 0.143. The molecule has 6 heteroatoms. The maximum atomic E-state index is 13.3. The Morgan fingerprint density at radius 2 is 2.10 bits per heavy atom. The Morgan fingerprint density at radius 1 is 1.35 bits per heavy atom. The molecule has 4 nitrogen and oxygen atoms in total. The van der Waals surface area contributed by atoms with Crippen LogP contribution in [-0.4, -0.2) is 4.92 Å². The van der Waals surface area contributed by atoms with Gasteiger partial charge in [0.05, 0.1) is 11.0 Å². The molecule has 0 aliphatic heterocycles. The van der Waals surface area contributed by atoms with E-state index in [1.165, 1.54) is 12.1 Å². The van der Waals surface area contributed by atoms with E-state index in [2.05, 4.69) is 5.32 Å². The number of nitro groups is 1. The first kappa shape index (κ1) is 14.3. The van der Waals surface area contributed by atoms with E-state index >= 15 is 0 Å². The third kappa shape index (κ3) is 3.24. The van der Waals surface area contributed by atoms with Crippen LogP contribution in [0.4, 0.5) is 15.8 Å². The third-order valence-electron chi connectivity index (χ3n) is 2.90. The molecule has 0 bridgehead atoms. The van der Waals surface area contributed by atoms with Crippen LogP contribution in [0.25, 0.3) is 0 Å². The third-order valence-corrected chi connectivity index (χ3v) is 3.31. The maximum absolute atomic E-state index is 13.3. The average molecular weight is 295 g/mol. The maximum Gasteiger partial charge on any atom is 0.272 e. The zero-order valence-electron chi connectivity index (χ0n) is 10.7. The van der Waals surface area contributed by atoms with Gasteiger partial charge in [-0.05, 0) is 36.2 Å². The quantitative estimate of drug-likeness (QED) is 0.675. The van der Waals surface area contributed by atoms with E-state index in [-0.39, 0.29) is 12.2 Å². The van der Waals surface area contributed by atoms with Crippen molar-refractivity contribution in [1.82, 2.24) is 0 Å². The van der Waals surface area contributed by atoms with Crippen LogP contribution < -0.4 is 5.32 Å². The minimum absolute atomic E-state index is 0.260. The molecule has 0 spiro atoms. The first-order valence-corrected chi connectivity index (χ1v) is 6.28. The average Bonchev–Trinajstić information content (AvgIpc) is 2.40. The molecule has 0 unspecified atom stereocenters. The van der Waals surface area contributed by atoms with Gasteiger partial charge in [0, 0.05) is 23.3 Å². The van der Waals surface area contributed by atoms with Gasteiger partial charge in [-0.1, -0.05) is 17.7 Å². The molecule has 0 aliphatic rings. The molecule has 1 N–H and O–H groups in total. The summed E-state index contributed by atoms with van der Waals surface area (Å²) in [6.45, 7) is 2.14. The highest BCUT2D eigenvalue weighted by Crippen LogP contribution is 2.24. The van der Waals surface area contributed by atoms with Crippen molar-refractivity contribution >= 4 is 23.0 Å². The van der Waals surface area contributed by atoms with Gasteiger partial charge in [-0.15, -0.1) is 0 Å². The zero-order valence-corrected chi connectivity index (χ0v) is 11.4. The standard InChI is InChI=1S/C14H12ClFN2O2/c1-9-13(15)3-2-4-14(9)17-8-10-5-11(16)7-12(6-10)18(19)20/h2-7,17H,8H2,1H3. The second kappa shape index (κ2) is 5.88. The van der Waals surface area contributed by atoms with Gasteiger partial charge in [-0.25, -0.2) is 4.39 Å². The molecule has 0 radical (unpaired) electrons. The molecule has 0 amide bonds. The molecule has 0 aliphatic carbocycles. The molecule has 0 saturated heterocycles. The number of halogens is 2. The van der Waals surface area contributed by atoms with E-state index in [1.807, 2.05) is 13.0 Å². The fourth-order valence-corrected chi connectivity index (χ4v) is 2.01. The molecule has 2 aromatic carbocycles. The second-order valence-corrected chi connectivity index (χ2v) is 4.75. The first-order valence-electron chi connectivity index (χ1n) is 5.90. The number of anilines is 1. The molecule has 0 atom stereocenters. The van der Waals surface area contributed by atoms with Gasteiger partial charge in [-0.2, -0.15) is 0 Å². The highest BCUT2D eigenvalue weighted by Gasteiger charge is 2.10. The minimum atomic E-state index is -0.626. The summed E-state index contributed by atoms with van der Waals surface area (Å²) in [6.07, 6.45) is 0. The molecule has 0 fully saturated rings. The van der Waals surface area contributed by atoms with Crippen LogP contribution in [0.2, 0.25) is 5.02 Å². The number of hydrogen-bond acceptors (Lipinski definition) is 3. The van der Waals surface area contributed by atoms with E-state index in [0.717, 1.165) is 17.3 Å². The highest BCUT2D eigenvalue weighted by atomic mass is 35.5. The summed E-state index contributed by atoms with van der Waals surface area (Å²) in [5.41, 5.74) is 1.92. The van der Waals surface area contributed by atoms with Crippen LogP contribution in [0.1, 0.15) is 11.1 Å². The van der Waals surface area contributed by atoms with Crippen molar-refractivity contribution in [3.8, 4) is 0 Å². The molecular formula is C14H12ClFN2O2. The first-order chi connectivity index (χ1) is 9.47. The van der Waals surface area contributed by atoms with Gasteiger partial charge in [0.1, 0.15) is 5.82 Å². The number of nitro benzene ring substituents is 1. The smallest absolute Gasteiger partial charge is 0.272 e. The summed E-state index contributed by atoms with van der Waals surface area (Å²) in [7, 11) is 0. The predicted molar refractivity (Wildman–Crippen MR) is 76.6 cm³/mol. The Bertz CT molecular complexity index is 662. The molecular weight excluding hydrogens is 283 g/mol. The van der Waals surface area contributed by atoms with Crippen LogP contribution in [0.5, 0.6) is 0 Å². The van der Waals surface area contributed by atoms with Gasteiger partial charge in [0.25, 0.3) is 5.69 Å². The van der Waals surface area contributed by atoms with E-state index in [0.29, 0.717) is 10.6 Å².